The lowest BCUT2D eigenvalue weighted by molar-refractivity contribution is 0.627. The molecule has 1 aromatic heterocycles. The highest BCUT2D eigenvalue weighted by Gasteiger charge is 2.10. The fourth-order valence-electron chi connectivity index (χ4n) is 1.47. The number of halogens is 3. The molecular formula is C12H10BrClFNS. The van der Waals surface area contributed by atoms with Crippen LogP contribution in [0.25, 0.3) is 0 Å². The topological polar surface area (TPSA) is 12.0 Å². The maximum atomic E-state index is 13.1. The van der Waals surface area contributed by atoms with Gasteiger partial charge in [0.25, 0.3) is 0 Å². The summed E-state index contributed by atoms with van der Waals surface area (Å²) in [5.74, 6) is -0.257. The molecule has 1 nitrogen and oxygen atoms in total. The van der Waals surface area contributed by atoms with Crippen molar-refractivity contribution in [3.05, 3.63) is 49.8 Å². The van der Waals surface area contributed by atoms with Crippen molar-refractivity contribution in [1.82, 2.24) is 0 Å². The van der Waals surface area contributed by atoms with E-state index in [1.807, 2.05) is 19.1 Å². The lowest BCUT2D eigenvalue weighted by atomic mass is 10.2. The van der Waals surface area contributed by atoms with Crippen molar-refractivity contribution in [3.8, 4) is 0 Å². The molecule has 0 aliphatic carbocycles. The third kappa shape index (κ3) is 3.21. The van der Waals surface area contributed by atoms with Crippen molar-refractivity contribution in [3.63, 3.8) is 0 Å². The van der Waals surface area contributed by atoms with Crippen molar-refractivity contribution in [1.29, 1.82) is 0 Å². The lowest BCUT2D eigenvalue weighted by Gasteiger charge is -2.15. The van der Waals surface area contributed by atoms with Crippen LogP contribution >= 0.6 is 38.9 Å². The molecule has 5 heteroatoms. The van der Waals surface area contributed by atoms with Gasteiger partial charge in [0.05, 0.1) is 16.1 Å². The zero-order valence-electron chi connectivity index (χ0n) is 9.01. The second-order valence-electron chi connectivity index (χ2n) is 3.63. The maximum absolute atomic E-state index is 13.1. The van der Waals surface area contributed by atoms with E-state index in [0.29, 0.717) is 0 Å². The van der Waals surface area contributed by atoms with Gasteiger partial charge in [-0.3, -0.25) is 0 Å². The van der Waals surface area contributed by atoms with E-state index in [0.717, 1.165) is 19.4 Å². The van der Waals surface area contributed by atoms with Gasteiger partial charge in [0.1, 0.15) is 5.82 Å². The second-order valence-corrected chi connectivity index (χ2v) is 6.23. The van der Waals surface area contributed by atoms with Gasteiger partial charge in [-0.2, -0.15) is 0 Å². The van der Waals surface area contributed by atoms with Gasteiger partial charge in [-0.05, 0) is 53.2 Å². The fourth-order valence-corrected chi connectivity index (χ4v) is 2.90. The maximum Gasteiger partial charge on any atom is 0.125 e. The Morgan fingerprint density at radius 3 is 2.76 bits per heavy atom. The van der Waals surface area contributed by atoms with Crippen molar-refractivity contribution in [2.24, 2.45) is 0 Å². The summed E-state index contributed by atoms with van der Waals surface area (Å²) in [6.07, 6.45) is 0. The van der Waals surface area contributed by atoms with Crippen molar-refractivity contribution in [2.75, 3.05) is 5.32 Å². The van der Waals surface area contributed by atoms with Crippen LogP contribution in [-0.2, 0) is 0 Å². The number of thiophene rings is 1. The van der Waals surface area contributed by atoms with Crippen LogP contribution in [0.15, 0.2) is 34.8 Å². The highest BCUT2D eigenvalue weighted by atomic mass is 79.9. The van der Waals surface area contributed by atoms with Crippen LogP contribution in [0.1, 0.15) is 17.8 Å². The Kier molecular flexibility index (Phi) is 4.07. The molecule has 1 unspecified atom stereocenters. The van der Waals surface area contributed by atoms with Crippen LogP contribution in [0.3, 0.4) is 0 Å². The average molecular weight is 335 g/mol. The van der Waals surface area contributed by atoms with E-state index in [4.69, 9.17) is 11.6 Å². The van der Waals surface area contributed by atoms with Crippen molar-refractivity contribution < 1.29 is 4.39 Å². The number of nitrogens with one attached hydrogen (secondary N) is 1. The van der Waals surface area contributed by atoms with Crippen molar-refractivity contribution >= 4 is 44.6 Å². The first-order valence-electron chi connectivity index (χ1n) is 5.03. The summed E-state index contributed by atoms with van der Waals surface area (Å²) in [7, 11) is 0. The minimum absolute atomic E-state index is 0.0885. The first-order chi connectivity index (χ1) is 8.06. The highest BCUT2D eigenvalue weighted by Crippen LogP contribution is 2.31. The van der Waals surface area contributed by atoms with Crippen LogP contribution < -0.4 is 5.32 Å². The molecular weight excluding hydrogens is 325 g/mol. The van der Waals surface area contributed by atoms with Gasteiger partial charge >= 0.3 is 0 Å². The molecule has 1 aromatic carbocycles. The number of hydrogen-bond acceptors (Lipinski definition) is 2. The molecule has 0 bridgehead atoms. The summed E-state index contributed by atoms with van der Waals surface area (Å²) < 4.78 is 14.7. The summed E-state index contributed by atoms with van der Waals surface area (Å²) in [5.41, 5.74) is 0.738. The van der Waals surface area contributed by atoms with Crippen LogP contribution in [0, 0.1) is 5.82 Å². The Balaban J connectivity index is 2.18. The van der Waals surface area contributed by atoms with Crippen molar-refractivity contribution in [2.45, 2.75) is 13.0 Å². The third-order valence-electron chi connectivity index (χ3n) is 2.32. The second kappa shape index (κ2) is 5.38. The fraction of sp³-hybridized carbons (Fsp3) is 0.167. The van der Waals surface area contributed by atoms with E-state index in [-0.39, 0.29) is 11.9 Å². The Morgan fingerprint density at radius 2 is 2.12 bits per heavy atom. The highest BCUT2D eigenvalue weighted by molar-refractivity contribution is 9.10. The van der Waals surface area contributed by atoms with Gasteiger partial charge in [0.15, 0.2) is 0 Å². The summed E-state index contributed by atoms with van der Waals surface area (Å²) >= 11 is 10.8. The number of benzene rings is 1. The molecule has 0 saturated carbocycles. The third-order valence-corrected chi connectivity index (χ3v) is 4.43. The van der Waals surface area contributed by atoms with E-state index in [1.54, 1.807) is 6.07 Å². The zero-order valence-corrected chi connectivity index (χ0v) is 12.2. The summed E-state index contributed by atoms with van der Waals surface area (Å²) in [6, 6.07) is 8.49. The molecule has 2 rings (SSSR count). The van der Waals surface area contributed by atoms with Gasteiger partial charge in [-0.15, -0.1) is 11.3 Å². The molecule has 17 heavy (non-hydrogen) atoms. The predicted molar refractivity (Wildman–Crippen MR) is 75.5 cm³/mol. The van der Waals surface area contributed by atoms with Crippen LogP contribution in [0.5, 0.6) is 0 Å². The van der Waals surface area contributed by atoms with Crippen LogP contribution in [-0.4, -0.2) is 0 Å². The molecule has 1 heterocycles. The molecule has 1 atom stereocenters. The average Bonchev–Trinajstić information content (AvgIpc) is 2.70. The zero-order chi connectivity index (χ0) is 12.4. The minimum atomic E-state index is -0.257. The monoisotopic (exact) mass is 333 g/mol. The summed E-state index contributed by atoms with van der Waals surface area (Å²) in [6.45, 7) is 2.01. The van der Waals surface area contributed by atoms with E-state index < -0.39 is 0 Å². The first-order valence-corrected chi connectivity index (χ1v) is 7.02. The number of anilines is 1. The van der Waals surface area contributed by atoms with Gasteiger partial charge < -0.3 is 5.32 Å². The Morgan fingerprint density at radius 1 is 1.35 bits per heavy atom. The Hall–Kier alpha value is -0.580. The van der Waals surface area contributed by atoms with E-state index in [9.17, 15) is 4.39 Å². The van der Waals surface area contributed by atoms with Gasteiger partial charge in [0.2, 0.25) is 0 Å². The molecule has 90 valence electrons. The summed E-state index contributed by atoms with van der Waals surface area (Å²) in [4.78, 5) is 1.12. The van der Waals surface area contributed by atoms with Gasteiger partial charge in [0, 0.05) is 9.35 Å². The smallest absolute Gasteiger partial charge is 0.125 e. The number of rotatable bonds is 3. The molecule has 0 saturated heterocycles. The predicted octanol–water partition coefficient (Wildman–Crippen LogP) is 5.48. The number of hydrogen-bond donors (Lipinski definition) is 1. The minimum Gasteiger partial charge on any atom is -0.377 e. The molecule has 0 aliphatic heterocycles. The van der Waals surface area contributed by atoms with E-state index in [1.165, 1.54) is 23.5 Å². The van der Waals surface area contributed by atoms with E-state index >= 15 is 0 Å². The molecule has 0 amide bonds. The normalized spacial score (nSPS) is 12.5. The molecule has 2 aromatic rings. The molecule has 0 spiro atoms. The molecule has 0 fully saturated rings. The largest absolute Gasteiger partial charge is 0.377 e. The van der Waals surface area contributed by atoms with Crippen LogP contribution in [0.2, 0.25) is 4.34 Å². The Bertz CT molecular complexity index is 529. The van der Waals surface area contributed by atoms with E-state index in [2.05, 4.69) is 21.2 Å². The standard InChI is InChI=1S/C12H10BrClFNS/c1-7(11-4-5-12(14)17-11)16-10-6-8(15)2-3-9(10)13/h2-7,16H,1H3. The first kappa shape index (κ1) is 12.9. The van der Waals surface area contributed by atoms with Gasteiger partial charge in [-0.1, -0.05) is 11.6 Å². The van der Waals surface area contributed by atoms with Crippen LogP contribution in [0.4, 0.5) is 10.1 Å². The molecule has 0 aliphatic rings. The molecule has 1 N–H and O–H groups in total. The molecule has 0 radical (unpaired) electrons. The quantitative estimate of drug-likeness (QED) is 0.784. The SMILES string of the molecule is CC(Nc1cc(F)ccc1Br)c1ccc(Cl)s1. The Labute approximate surface area is 117 Å². The lowest BCUT2D eigenvalue weighted by Crippen LogP contribution is -2.05. The van der Waals surface area contributed by atoms with Gasteiger partial charge in [-0.25, -0.2) is 4.39 Å². The summed E-state index contributed by atoms with van der Waals surface area (Å²) in [5, 5.41) is 3.25.